The van der Waals surface area contributed by atoms with Gasteiger partial charge in [0.05, 0.1) is 27.9 Å². The van der Waals surface area contributed by atoms with Crippen molar-refractivity contribution in [2.75, 3.05) is 18.0 Å². The average Bonchev–Trinajstić information content (AvgIpc) is 3.43. The average molecular weight is 526 g/mol. The summed E-state index contributed by atoms with van der Waals surface area (Å²) >= 11 is 7.40. The van der Waals surface area contributed by atoms with Crippen LogP contribution < -0.4 is 19.8 Å². The summed E-state index contributed by atoms with van der Waals surface area (Å²) in [4.78, 5) is 34.2. The topological polar surface area (TPSA) is 77.0 Å². The smallest absolute Gasteiger partial charge is 0.338 e. The Labute approximate surface area is 218 Å². The number of halogens is 1. The first-order valence-corrected chi connectivity index (χ1v) is 13.3. The molecule has 5 rings (SSSR count). The standard InChI is InChI=1S/C27H28ClN3O4S/c1-16(2)34-26(33)23-17(3)29-27-31(24(23)18-7-9-19(28)10-8-18)25(32)21(36-27)15-20-11-12-22(35-20)30-13-5-4-6-14-30/h7-12,15-16,24H,4-6,13-14H2,1-3H3/b21-15-/t24-/m0/s1. The first-order chi connectivity index (χ1) is 17.3. The molecule has 36 heavy (non-hydrogen) atoms. The molecule has 0 amide bonds. The largest absolute Gasteiger partial charge is 0.459 e. The highest BCUT2D eigenvalue weighted by atomic mass is 35.5. The Bertz CT molecular complexity index is 1490. The Hall–Kier alpha value is -3.10. The number of hydrogen-bond donors (Lipinski definition) is 0. The fraction of sp³-hybridized carbons (Fsp3) is 0.370. The molecule has 0 unspecified atom stereocenters. The molecule has 0 saturated carbocycles. The quantitative estimate of drug-likeness (QED) is 0.461. The number of benzene rings is 1. The van der Waals surface area contributed by atoms with Crippen LogP contribution in [0.5, 0.6) is 0 Å². The van der Waals surface area contributed by atoms with Crippen molar-refractivity contribution in [3.05, 3.63) is 83.7 Å². The van der Waals surface area contributed by atoms with Gasteiger partial charge >= 0.3 is 5.97 Å². The third kappa shape index (κ3) is 4.80. The van der Waals surface area contributed by atoms with E-state index in [1.165, 1.54) is 17.8 Å². The highest BCUT2D eigenvalue weighted by Crippen LogP contribution is 2.31. The first kappa shape index (κ1) is 24.6. The molecule has 0 spiro atoms. The Kier molecular flexibility index (Phi) is 6.90. The summed E-state index contributed by atoms with van der Waals surface area (Å²) < 4.78 is 13.6. The van der Waals surface area contributed by atoms with Crippen LogP contribution in [-0.2, 0) is 9.53 Å². The lowest BCUT2D eigenvalue weighted by molar-refractivity contribution is -0.143. The van der Waals surface area contributed by atoms with Crippen molar-refractivity contribution in [3.8, 4) is 0 Å². The van der Waals surface area contributed by atoms with Crippen LogP contribution >= 0.6 is 22.9 Å². The summed E-state index contributed by atoms with van der Waals surface area (Å²) in [6, 6.07) is 10.3. The number of thiazole rings is 1. The van der Waals surface area contributed by atoms with Crippen LogP contribution in [0.2, 0.25) is 5.02 Å². The highest BCUT2D eigenvalue weighted by Gasteiger charge is 2.33. The zero-order valence-corrected chi connectivity index (χ0v) is 22.1. The molecule has 188 valence electrons. The highest BCUT2D eigenvalue weighted by molar-refractivity contribution is 7.07. The van der Waals surface area contributed by atoms with Crippen molar-refractivity contribution in [1.29, 1.82) is 0 Å². The number of aromatic nitrogens is 1. The van der Waals surface area contributed by atoms with Crippen molar-refractivity contribution >= 4 is 40.9 Å². The van der Waals surface area contributed by atoms with Crippen LogP contribution in [0.3, 0.4) is 0 Å². The van der Waals surface area contributed by atoms with Crippen LogP contribution in [0.15, 0.2) is 61.9 Å². The third-order valence-electron chi connectivity index (χ3n) is 6.32. The third-order valence-corrected chi connectivity index (χ3v) is 7.56. The van der Waals surface area contributed by atoms with Gasteiger partial charge in [-0.15, -0.1) is 0 Å². The normalized spacial score (nSPS) is 18.4. The van der Waals surface area contributed by atoms with E-state index in [1.807, 2.05) is 24.3 Å². The molecule has 2 aromatic heterocycles. The van der Waals surface area contributed by atoms with Gasteiger partial charge in [0, 0.05) is 30.3 Å². The van der Waals surface area contributed by atoms with Crippen LogP contribution in [-0.4, -0.2) is 29.7 Å². The zero-order chi connectivity index (χ0) is 25.4. The van der Waals surface area contributed by atoms with Crippen LogP contribution in [0.25, 0.3) is 6.08 Å². The number of furan rings is 1. The van der Waals surface area contributed by atoms with Gasteiger partial charge in [-0.3, -0.25) is 9.36 Å². The number of nitrogens with zero attached hydrogens (tertiary/aromatic N) is 3. The molecule has 2 aliphatic rings. The number of esters is 1. The van der Waals surface area contributed by atoms with Crippen molar-refractivity contribution in [2.45, 2.75) is 52.2 Å². The van der Waals surface area contributed by atoms with Gasteiger partial charge in [-0.05, 0) is 63.8 Å². The van der Waals surface area contributed by atoms with Crippen molar-refractivity contribution in [1.82, 2.24) is 4.57 Å². The number of piperidine rings is 1. The number of allylic oxidation sites excluding steroid dienone is 1. The van der Waals surface area contributed by atoms with E-state index < -0.39 is 12.0 Å². The summed E-state index contributed by atoms with van der Waals surface area (Å²) in [6.07, 6.45) is 5.00. The molecular formula is C27H28ClN3O4S. The number of ether oxygens (including phenoxy) is 1. The second-order valence-electron chi connectivity index (χ2n) is 9.31. The van der Waals surface area contributed by atoms with E-state index >= 15 is 0 Å². The fourth-order valence-corrected chi connectivity index (χ4v) is 5.81. The van der Waals surface area contributed by atoms with Crippen LogP contribution in [0, 0.1) is 0 Å². The summed E-state index contributed by atoms with van der Waals surface area (Å²) in [6.45, 7) is 7.31. The van der Waals surface area contributed by atoms with E-state index in [0.29, 0.717) is 31.4 Å². The Morgan fingerprint density at radius 2 is 1.89 bits per heavy atom. The SMILES string of the molecule is CC1=C(C(=O)OC(C)C)[C@H](c2ccc(Cl)cc2)n2c(s/c(=C\c3ccc(N4CCCCC4)o3)c2=O)=N1. The lowest BCUT2D eigenvalue weighted by Gasteiger charge is -2.25. The molecule has 1 aromatic carbocycles. The molecule has 4 heterocycles. The lowest BCUT2D eigenvalue weighted by Crippen LogP contribution is -2.40. The van der Waals surface area contributed by atoms with Gasteiger partial charge in [0.25, 0.3) is 5.56 Å². The minimum atomic E-state index is -0.674. The van der Waals surface area contributed by atoms with E-state index in [1.54, 1.807) is 43.5 Å². The van der Waals surface area contributed by atoms with E-state index in [4.69, 9.17) is 20.8 Å². The maximum atomic E-state index is 13.7. The molecule has 0 N–H and O–H groups in total. The Morgan fingerprint density at radius 1 is 1.17 bits per heavy atom. The number of fused-ring (bicyclic) bond motifs is 1. The summed E-state index contributed by atoms with van der Waals surface area (Å²) in [5, 5.41) is 0.570. The van der Waals surface area contributed by atoms with E-state index in [-0.39, 0.29) is 11.7 Å². The molecule has 7 nitrogen and oxygen atoms in total. The van der Waals surface area contributed by atoms with Gasteiger partial charge < -0.3 is 14.1 Å². The molecule has 0 radical (unpaired) electrons. The Balaban J connectivity index is 1.60. The van der Waals surface area contributed by atoms with Gasteiger partial charge in [-0.25, -0.2) is 9.79 Å². The monoisotopic (exact) mass is 525 g/mol. The van der Waals surface area contributed by atoms with Crippen molar-refractivity contribution in [3.63, 3.8) is 0 Å². The van der Waals surface area contributed by atoms with Crippen molar-refractivity contribution < 1.29 is 13.9 Å². The second kappa shape index (κ2) is 10.1. The fourth-order valence-electron chi connectivity index (χ4n) is 4.65. The number of carbonyl (C=O) groups excluding carboxylic acids is 1. The molecule has 0 aliphatic carbocycles. The summed E-state index contributed by atoms with van der Waals surface area (Å²) in [7, 11) is 0. The number of carbonyl (C=O) groups is 1. The number of rotatable bonds is 5. The number of anilines is 1. The predicted octanol–water partition coefficient (Wildman–Crippen LogP) is 4.42. The minimum Gasteiger partial charge on any atom is -0.459 e. The van der Waals surface area contributed by atoms with Gasteiger partial charge in [0.1, 0.15) is 5.76 Å². The molecule has 1 fully saturated rings. The molecular weight excluding hydrogens is 498 g/mol. The zero-order valence-electron chi connectivity index (χ0n) is 20.5. The molecule has 3 aromatic rings. The maximum absolute atomic E-state index is 13.7. The van der Waals surface area contributed by atoms with E-state index in [9.17, 15) is 9.59 Å². The second-order valence-corrected chi connectivity index (χ2v) is 10.8. The van der Waals surface area contributed by atoms with E-state index in [2.05, 4.69) is 9.89 Å². The molecule has 9 heteroatoms. The van der Waals surface area contributed by atoms with Crippen LogP contribution in [0.1, 0.15) is 57.4 Å². The molecule has 2 aliphatic heterocycles. The summed E-state index contributed by atoms with van der Waals surface area (Å²) in [5.41, 5.74) is 1.38. The Morgan fingerprint density at radius 3 is 2.58 bits per heavy atom. The van der Waals surface area contributed by atoms with E-state index in [0.717, 1.165) is 37.4 Å². The molecule has 0 bridgehead atoms. The molecule has 1 atom stereocenters. The van der Waals surface area contributed by atoms with Gasteiger partial charge in [-0.2, -0.15) is 0 Å². The van der Waals surface area contributed by atoms with Gasteiger partial charge in [-0.1, -0.05) is 35.1 Å². The summed E-state index contributed by atoms with van der Waals surface area (Å²) in [5.74, 6) is 0.944. The molecule has 1 saturated heterocycles. The predicted molar refractivity (Wildman–Crippen MR) is 141 cm³/mol. The van der Waals surface area contributed by atoms with Crippen molar-refractivity contribution in [2.24, 2.45) is 4.99 Å². The van der Waals surface area contributed by atoms with Gasteiger partial charge in [0.15, 0.2) is 10.7 Å². The van der Waals surface area contributed by atoms with Crippen LogP contribution in [0.4, 0.5) is 5.88 Å². The first-order valence-electron chi connectivity index (χ1n) is 12.2. The lowest BCUT2D eigenvalue weighted by atomic mass is 9.96. The maximum Gasteiger partial charge on any atom is 0.338 e. The van der Waals surface area contributed by atoms with Gasteiger partial charge in [0.2, 0.25) is 0 Å². The minimum absolute atomic E-state index is 0.239. The number of hydrogen-bond acceptors (Lipinski definition) is 7.